The highest BCUT2D eigenvalue weighted by Gasteiger charge is 2.11. The molecule has 9 heteroatoms. The molecule has 0 saturated carbocycles. The molecular weight excluding hydrogens is 391 g/mol. The van der Waals surface area contributed by atoms with E-state index in [-0.39, 0.29) is 18.1 Å². The Labute approximate surface area is 164 Å². The summed E-state index contributed by atoms with van der Waals surface area (Å²) < 4.78 is 6.79. The Morgan fingerprint density at radius 2 is 1.96 bits per heavy atom. The van der Waals surface area contributed by atoms with Crippen LogP contribution in [0.1, 0.15) is 6.92 Å². The predicted molar refractivity (Wildman–Crippen MR) is 105 cm³/mol. The zero-order chi connectivity index (χ0) is 19.4. The third kappa shape index (κ3) is 4.32. The molecule has 0 bridgehead atoms. The van der Waals surface area contributed by atoms with Gasteiger partial charge in [-0.2, -0.15) is 0 Å². The van der Waals surface area contributed by atoms with E-state index in [4.69, 9.17) is 27.9 Å². The molecule has 0 fully saturated rings. The number of nitrogens with zero attached hydrogens (tertiary/aromatic N) is 2. The highest BCUT2D eigenvalue weighted by Crippen LogP contribution is 2.26. The molecule has 140 valence electrons. The summed E-state index contributed by atoms with van der Waals surface area (Å²) in [6, 6.07) is 11.7. The summed E-state index contributed by atoms with van der Waals surface area (Å²) in [7, 11) is 0. The fraction of sp³-hybridized carbons (Fsp3) is 0.167. The first-order valence-electron chi connectivity index (χ1n) is 8.12. The molecule has 1 amide bonds. The van der Waals surface area contributed by atoms with Crippen LogP contribution in [0.25, 0.3) is 10.9 Å². The number of para-hydroxylation sites is 1. The molecule has 2 aromatic carbocycles. The molecule has 27 heavy (non-hydrogen) atoms. The largest absolute Gasteiger partial charge is 0.484 e. The van der Waals surface area contributed by atoms with E-state index in [0.29, 0.717) is 33.2 Å². The number of ether oxygens (including phenoxy) is 1. The summed E-state index contributed by atoms with van der Waals surface area (Å²) in [6.45, 7) is 1.96. The maximum absolute atomic E-state index is 12.5. The van der Waals surface area contributed by atoms with Gasteiger partial charge in [-0.05, 0) is 31.2 Å². The van der Waals surface area contributed by atoms with Gasteiger partial charge in [0.2, 0.25) is 5.95 Å². The third-order valence-electron chi connectivity index (χ3n) is 3.75. The molecule has 1 aromatic heterocycles. The number of anilines is 1. The van der Waals surface area contributed by atoms with Crippen LogP contribution in [0.4, 0.5) is 5.95 Å². The van der Waals surface area contributed by atoms with E-state index in [9.17, 15) is 9.59 Å². The Hall–Kier alpha value is -2.77. The number of carbonyl (C=O) groups is 1. The van der Waals surface area contributed by atoms with Crippen molar-refractivity contribution in [3.8, 4) is 5.75 Å². The second kappa shape index (κ2) is 8.28. The van der Waals surface area contributed by atoms with Crippen molar-refractivity contribution < 1.29 is 9.53 Å². The molecule has 0 unspecified atom stereocenters. The average molecular weight is 407 g/mol. The number of amides is 1. The molecule has 3 rings (SSSR count). The lowest BCUT2D eigenvalue weighted by atomic mass is 10.2. The highest BCUT2D eigenvalue weighted by atomic mass is 35.5. The first-order valence-corrected chi connectivity index (χ1v) is 8.87. The zero-order valence-electron chi connectivity index (χ0n) is 14.3. The van der Waals surface area contributed by atoms with E-state index in [1.54, 1.807) is 36.4 Å². The predicted octanol–water partition coefficient (Wildman–Crippen LogP) is 3.25. The van der Waals surface area contributed by atoms with Crippen molar-refractivity contribution in [3.05, 3.63) is 62.9 Å². The molecule has 0 spiro atoms. The topological polar surface area (TPSA) is 85.2 Å². The van der Waals surface area contributed by atoms with Crippen molar-refractivity contribution >= 4 is 46.0 Å². The number of hydrazine groups is 1. The standard InChI is InChI=1S/C18H16Cl2N4O3/c1-2-24-17(26)12-5-3-4-6-15(12)21-18(24)23-22-16(25)10-27-11-7-8-13(19)14(20)9-11/h3-9H,2,10H2,1H3,(H,21,23)(H,22,25). The van der Waals surface area contributed by atoms with Crippen LogP contribution < -0.4 is 21.1 Å². The maximum Gasteiger partial charge on any atom is 0.276 e. The Kier molecular flexibility index (Phi) is 5.83. The number of carbonyl (C=O) groups excluding carboxylic acids is 1. The minimum atomic E-state index is -0.453. The van der Waals surface area contributed by atoms with Crippen molar-refractivity contribution in [3.63, 3.8) is 0 Å². The van der Waals surface area contributed by atoms with Gasteiger partial charge in [-0.15, -0.1) is 0 Å². The van der Waals surface area contributed by atoms with Crippen LogP contribution in [-0.2, 0) is 11.3 Å². The Morgan fingerprint density at radius 1 is 1.19 bits per heavy atom. The molecule has 1 heterocycles. The smallest absolute Gasteiger partial charge is 0.276 e. The zero-order valence-corrected chi connectivity index (χ0v) is 15.8. The van der Waals surface area contributed by atoms with Gasteiger partial charge in [-0.25, -0.2) is 4.98 Å². The third-order valence-corrected chi connectivity index (χ3v) is 4.49. The summed E-state index contributed by atoms with van der Waals surface area (Å²) >= 11 is 11.7. The normalized spacial score (nSPS) is 10.6. The van der Waals surface area contributed by atoms with E-state index in [1.165, 1.54) is 10.6 Å². The highest BCUT2D eigenvalue weighted by molar-refractivity contribution is 6.42. The second-order valence-corrected chi connectivity index (χ2v) is 6.35. The molecule has 0 aliphatic rings. The lowest BCUT2D eigenvalue weighted by Gasteiger charge is -2.14. The van der Waals surface area contributed by atoms with Gasteiger partial charge in [0.25, 0.3) is 11.5 Å². The molecular formula is C18H16Cl2N4O3. The first kappa shape index (κ1) is 19.0. The van der Waals surface area contributed by atoms with Gasteiger partial charge in [0, 0.05) is 12.6 Å². The molecule has 7 nitrogen and oxygen atoms in total. The number of hydrogen-bond donors (Lipinski definition) is 2. The monoisotopic (exact) mass is 406 g/mol. The van der Waals surface area contributed by atoms with Crippen molar-refractivity contribution in [2.45, 2.75) is 13.5 Å². The molecule has 0 aliphatic heterocycles. The van der Waals surface area contributed by atoms with Crippen LogP contribution in [0.5, 0.6) is 5.75 Å². The van der Waals surface area contributed by atoms with Gasteiger partial charge in [0.05, 0.1) is 20.9 Å². The van der Waals surface area contributed by atoms with E-state index < -0.39 is 5.91 Å². The minimum absolute atomic E-state index is 0.188. The van der Waals surface area contributed by atoms with Crippen LogP contribution >= 0.6 is 23.2 Å². The minimum Gasteiger partial charge on any atom is -0.484 e. The van der Waals surface area contributed by atoms with Gasteiger partial charge in [0.1, 0.15) is 5.75 Å². The van der Waals surface area contributed by atoms with E-state index in [2.05, 4.69) is 15.8 Å². The van der Waals surface area contributed by atoms with Crippen molar-refractivity contribution in [2.75, 3.05) is 12.0 Å². The number of hydrogen-bond acceptors (Lipinski definition) is 5. The quantitative estimate of drug-likeness (QED) is 0.613. The van der Waals surface area contributed by atoms with Gasteiger partial charge < -0.3 is 4.74 Å². The second-order valence-electron chi connectivity index (χ2n) is 5.54. The number of nitrogens with one attached hydrogen (secondary N) is 2. The molecule has 0 radical (unpaired) electrons. The Balaban J connectivity index is 1.68. The van der Waals surface area contributed by atoms with Gasteiger partial charge >= 0.3 is 0 Å². The summed E-state index contributed by atoms with van der Waals surface area (Å²) in [6.07, 6.45) is 0. The number of fused-ring (bicyclic) bond motifs is 1. The SMILES string of the molecule is CCn1c(NNC(=O)COc2ccc(Cl)c(Cl)c2)nc2ccccc2c1=O. The summed E-state index contributed by atoms with van der Waals surface area (Å²) in [4.78, 5) is 28.9. The Bertz CT molecular complexity index is 1050. The fourth-order valence-electron chi connectivity index (χ4n) is 2.43. The van der Waals surface area contributed by atoms with Crippen LogP contribution in [0.2, 0.25) is 10.0 Å². The molecule has 3 aromatic rings. The average Bonchev–Trinajstić information content (AvgIpc) is 2.67. The Morgan fingerprint density at radius 3 is 2.70 bits per heavy atom. The fourth-order valence-corrected chi connectivity index (χ4v) is 2.72. The van der Waals surface area contributed by atoms with Crippen molar-refractivity contribution in [1.29, 1.82) is 0 Å². The lowest BCUT2D eigenvalue weighted by molar-refractivity contribution is -0.122. The van der Waals surface area contributed by atoms with Crippen molar-refractivity contribution in [1.82, 2.24) is 15.0 Å². The van der Waals surface area contributed by atoms with Gasteiger partial charge in [0.15, 0.2) is 6.61 Å². The number of rotatable bonds is 6. The van der Waals surface area contributed by atoms with E-state index in [0.717, 1.165) is 0 Å². The summed E-state index contributed by atoms with van der Waals surface area (Å²) in [5.74, 6) is 0.198. The van der Waals surface area contributed by atoms with Crippen LogP contribution in [0, 0.1) is 0 Å². The summed E-state index contributed by atoms with van der Waals surface area (Å²) in [5.41, 5.74) is 5.50. The van der Waals surface area contributed by atoms with E-state index >= 15 is 0 Å². The maximum atomic E-state index is 12.5. The number of benzene rings is 2. The first-order chi connectivity index (χ1) is 13.0. The van der Waals surface area contributed by atoms with Crippen LogP contribution in [-0.4, -0.2) is 22.1 Å². The number of aromatic nitrogens is 2. The van der Waals surface area contributed by atoms with E-state index in [1.807, 2.05) is 6.92 Å². The molecule has 0 atom stereocenters. The van der Waals surface area contributed by atoms with Crippen LogP contribution in [0.3, 0.4) is 0 Å². The van der Waals surface area contributed by atoms with Crippen LogP contribution in [0.15, 0.2) is 47.3 Å². The van der Waals surface area contributed by atoms with Gasteiger partial charge in [-0.1, -0.05) is 35.3 Å². The molecule has 0 saturated heterocycles. The molecule has 0 aliphatic carbocycles. The summed E-state index contributed by atoms with van der Waals surface area (Å²) in [5, 5.41) is 1.24. The van der Waals surface area contributed by atoms with Crippen molar-refractivity contribution in [2.24, 2.45) is 0 Å². The lowest BCUT2D eigenvalue weighted by Crippen LogP contribution is -2.37. The van der Waals surface area contributed by atoms with Gasteiger partial charge in [-0.3, -0.25) is 25.0 Å². The molecule has 2 N–H and O–H groups in total. The number of halogens is 2.